The number of hydrogen-bond acceptors (Lipinski definition) is 5. The SMILES string of the molecule is COC(=O)c1ccc(C(=O)OC(C)C(=O)Nc2cc(Cl)c(Cl)cc2Cl)cc1. The summed E-state index contributed by atoms with van der Waals surface area (Å²) in [6.45, 7) is 1.40. The van der Waals surface area contributed by atoms with Crippen molar-refractivity contribution in [3.63, 3.8) is 0 Å². The number of nitrogens with one attached hydrogen (secondary N) is 1. The first kappa shape index (κ1) is 21.0. The highest BCUT2D eigenvalue weighted by Gasteiger charge is 2.20. The van der Waals surface area contributed by atoms with Gasteiger partial charge in [0.15, 0.2) is 6.10 Å². The van der Waals surface area contributed by atoms with Crippen molar-refractivity contribution < 1.29 is 23.9 Å². The zero-order valence-electron chi connectivity index (χ0n) is 14.2. The van der Waals surface area contributed by atoms with Crippen LogP contribution in [-0.2, 0) is 14.3 Å². The Labute approximate surface area is 170 Å². The summed E-state index contributed by atoms with van der Waals surface area (Å²) in [5, 5.41) is 3.16. The van der Waals surface area contributed by atoms with Crippen LogP contribution in [0.15, 0.2) is 36.4 Å². The standard InChI is InChI=1S/C18H14Cl3NO5/c1-9(16(23)22-15-8-13(20)12(19)7-14(15)21)27-18(25)11-5-3-10(4-6-11)17(24)26-2/h3-9H,1-2H3,(H,22,23). The van der Waals surface area contributed by atoms with Gasteiger partial charge < -0.3 is 14.8 Å². The number of carbonyl (C=O) groups excluding carboxylic acids is 3. The van der Waals surface area contributed by atoms with Gasteiger partial charge in [0.25, 0.3) is 5.91 Å². The van der Waals surface area contributed by atoms with Crippen molar-refractivity contribution in [3.8, 4) is 0 Å². The van der Waals surface area contributed by atoms with Gasteiger partial charge in [0.1, 0.15) is 0 Å². The lowest BCUT2D eigenvalue weighted by Gasteiger charge is -2.15. The van der Waals surface area contributed by atoms with Crippen LogP contribution in [0.3, 0.4) is 0 Å². The van der Waals surface area contributed by atoms with Gasteiger partial charge in [-0.05, 0) is 43.3 Å². The molecule has 0 saturated carbocycles. The Morgan fingerprint density at radius 2 is 1.41 bits per heavy atom. The van der Waals surface area contributed by atoms with E-state index in [1.54, 1.807) is 0 Å². The van der Waals surface area contributed by atoms with Crippen LogP contribution in [0.5, 0.6) is 0 Å². The molecule has 0 bridgehead atoms. The van der Waals surface area contributed by atoms with Crippen molar-refractivity contribution in [2.24, 2.45) is 0 Å². The lowest BCUT2D eigenvalue weighted by atomic mass is 10.1. The van der Waals surface area contributed by atoms with Crippen molar-refractivity contribution in [1.29, 1.82) is 0 Å². The second-order valence-corrected chi connectivity index (χ2v) is 6.57. The van der Waals surface area contributed by atoms with E-state index in [1.807, 2.05) is 0 Å². The molecule has 0 saturated heterocycles. The average molecular weight is 431 g/mol. The number of hydrogen-bond donors (Lipinski definition) is 1. The molecule has 2 aromatic rings. The predicted molar refractivity (Wildman–Crippen MR) is 103 cm³/mol. The van der Waals surface area contributed by atoms with E-state index in [0.717, 1.165) is 0 Å². The van der Waals surface area contributed by atoms with Gasteiger partial charge in [0, 0.05) is 0 Å². The Bertz CT molecular complexity index is 883. The fourth-order valence-electron chi connectivity index (χ4n) is 2.00. The van der Waals surface area contributed by atoms with Crippen LogP contribution in [0.1, 0.15) is 27.6 Å². The summed E-state index contributed by atoms with van der Waals surface area (Å²) in [6.07, 6.45) is -1.11. The molecule has 0 heterocycles. The third kappa shape index (κ3) is 5.35. The third-order valence-electron chi connectivity index (χ3n) is 3.46. The third-order valence-corrected chi connectivity index (χ3v) is 4.50. The monoisotopic (exact) mass is 429 g/mol. The van der Waals surface area contributed by atoms with Crippen molar-refractivity contribution in [2.75, 3.05) is 12.4 Å². The number of halogens is 3. The van der Waals surface area contributed by atoms with Gasteiger partial charge >= 0.3 is 11.9 Å². The maximum Gasteiger partial charge on any atom is 0.338 e. The van der Waals surface area contributed by atoms with E-state index in [0.29, 0.717) is 0 Å². The topological polar surface area (TPSA) is 81.7 Å². The summed E-state index contributed by atoms with van der Waals surface area (Å²) in [5.41, 5.74) is 0.699. The second-order valence-electron chi connectivity index (χ2n) is 5.35. The fraction of sp³-hybridized carbons (Fsp3) is 0.167. The number of ether oxygens (including phenoxy) is 2. The van der Waals surface area contributed by atoms with Crippen LogP contribution in [-0.4, -0.2) is 31.1 Å². The molecule has 0 aromatic heterocycles. The van der Waals surface area contributed by atoms with Gasteiger partial charge in [-0.25, -0.2) is 9.59 Å². The van der Waals surface area contributed by atoms with Gasteiger partial charge in [0.05, 0.1) is 39.0 Å². The Hall–Kier alpha value is -2.28. The maximum atomic E-state index is 12.2. The molecule has 0 fully saturated rings. The molecule has 142 valence electrons. The second kappa shape index (κ2) is 9.08. The lowest BCUT2D eigenvalue weighted by molar-refractivity contribution is -0.123. The Morgan fingerprint density at radius 3 is 1.96 bits per heavy atom. The zero-order chi connectivity index (χ0) is 20.1. The highest BCUT2D eigenvalue weighted by atomic mass is 35.5. The molecular weight excluding hydrogens is 417 g/mol. The average Bonchev–Trinajstić information content (AvgIpc) is 2.65. The van der Waals surface area contributed by atoms with Gasteiger partial charge in [0.2, 0.25) is 0 Å². The Kier molecular flexibility index (Phi) is 7.07. The number of methoxy groups -OCH3 is 1. The molecular formula is C18H14Cl3NO5. The number of esters is 2. The Balaban J connectivity index is 2.02. The zero-order valence-corrected chi connectivity index (χ0v) is 16.5. The summed E-state index contributed by atoms with van der Waals surface area (Å²) in [4.78, 5) is 35.8. The molecule has 1 N–H and O–H groups in total. The summed E-state index contributed by atoms with van der Waals surface area (Å²) in [7, 11) is 1.25. The molecule has 2 rings (SSSR count). The van der Waals surface area contributed by atoms with Crippen LogP contribution in [0.2, 0.25) is 15.1 Å². The minimum absolute atomic E-state index is 0.176. The predicted octanol–water partition coefficient (Wildman–Crippen LogP) is 4.62. The van der Waals surface area contributed by atoms with Gasteiger partial charge in [-0.1, -0.05) is 34.8 Å². The van der Waals surface area contributed by atoms with Gasteiger partial charge in [-0.3, -0.25) is 4.79 Å². The van der Waals surface area contributed by atoms with Crippen LogP contribution in [0.25, 0.3) is 0 Å². The molecule has 0 radical (unpaired) electrons. The van der Waals surface area contributed by atoms with E-state index in [4.69, 9.17) is 39.5 Å². The smallest absolute Gasteiger partial charge is 0.338 e. The minimum Gasteiger partial charge on any atom is -0.465 e. The van der Waals surface area contributed by atoms with Crippen molar-refractivity contribution in [3.05, 3.63) is 62.6 Å². The van der Waals surface area contributed by atoms with Gasteiger partial charge in [-0.2, -0.15) is 0 Å². The van der Waals surface area contributed by atoms with Crippen LogP contribution in [0.4, 0.5) is 5.69 Å². The molecule has 1 amide bonds. The maximum absolute atomic E-state index is 12.2. The van der Waals surface area contributed by atoms with Crippen molar-refractivity contribution >= 4 is 58.3 Å². The first-order valence-corrected chi connectivity index (χ1v) is 8.71. The lowest BCUT2D eigenvalue weighted by Crippen LogP contribution is -2.30. The molecule has 27 heavy (non-hydrogen) atoms. The number of anilines is 1. The molecule has 0 spiro atoms. The minimum atomic E-state index is -1.11. The van der Waals surface area contributed by atoms with E-state index in [-0.39, 0.29) is 31.9 Å². The van der Waals surface area contributed by atoms with Crippen molar-refractivity contribution in [1.82, 2.24) is 0 Å². The largest absolute Gasteiger partial charge is 0.465 e. The van der Waals surface area contributed by atoms with E-state index in [2.05, 4.69) is 10.1 Å². The highest BCUT2D eigenvalue weighted by molar-refractivity contribution is 6.44. The number of benzene rings is 2. The summed E-state index contributed by atoms with van der Waals surface area (Å²) >= 11 is 17.7. The molecule has 9 heteroatoms. The highest BCUT2D eigenvalue weighted by Crippen LogP contribution is 2.32. The van der Waals surface area contributed by atoms with Crippen molar-refractivity contribution in [2.45, 2.75) is 13.0 Å². The van der Waals surface area contributed by atoms with Crippen LogP contribution >= 0.6 is 34.8 Å². The molecule has 1 atom stereocenters. The summed E-state index contributed by atoms with van der Waals surface area (Å²) in [6, 6.07) is 8.42. The van der Waals surface area contributed by atoms with Crippen LogP contribution < -0.4 is 5.32 Å². The van der Waals surface area contributed by atoms with Crippen LogP contribution in [0, 0.1) is 0 Å². The number of carbonyl (C=O) groups is 3. The molecule has 0 aliphatic carbocycles. The number of rotatable bonds is 5. The van der Waals surface area contributed by atoms with E-state index in [1.165, 1.54) is 50.4 Å². The Morgan fingerprint density at radius 1 is 0.889 bits per heavy atom. The quantitative estimate of drug-likeness (QED) is 0.553. The molecule has 0 aliphatic heterocycles. The first-order chi connectivity index (χ1) is 12.7. The molecule has 6 nitrogen and oxygen atoms in total. The summed E-state index contributed by atoms with van der Waals surface area (Å²) in [5.74, 6) is -1.86. The first-order valence-electron chi connectivity index (χ1n) is 7.57. The van der Waals surface area contributed by atoms with Gasteiger partial charge in [-0.15, -0.1) is 0 Å². The normalized spacial score (nSPS) is 11.4. The summed E-state index contributed by atoms with van der Waals surface area (Å²) < 4.78 is 9.70. The van der Waals surface area contributed by atoms with E-state index >= 15 is 0 Å². The fourth-order valence-corrected chi connectivity index (χ4v) is 2.59. The van der Waals surface area contributed by atoms with E-state index < -0.39 is 23.9 Å². The molecule has 1 unspecified atom stereocenters. The molecule has 0 aliphatic rings. The van der Waals surface area contributed by atoms with E-state index in [9.17, 15) is 14.4 Å². The molecule has 2 aromatic carbocycles. The number of amides is 1.